The van der Waals surface area contributed by atoms with Gasteiger partial charge in [-0.15, -0.1) is 0 Å². The van der Waals surface area contributed by atoms with E-state index in [1.54, 1.807) is 6.92 Å². The molecule has 2 aromatic rings. The Hall–Kier alpha value is -2.26. The summed E-state index contributed by atoms with van der Waals surface area (Å²) in [7, 11) is -2.42. The summed E-state index contributed by atoms with van der Waals surface area (Å²) in [6, 6.07) is 12.4. The number of likely N-dealkylation sites (N-methyl/N-ethyl adjacent to an activating group) is 1. The van der Waals surface area contributed by atoms with Crippen molar-refractivity contribution in [2.45, 2.75) is 31.8 Å². The first kappa shape index (κ1) is 23.4. The van der Waals surface area contributed by atoms with E-state index in [0.29, 0.717) is 11.1 Å². The maximum absolute atomic E-state index is 12.9. The molecule has 2 aromatic carbocycles. The molecule has 1 aliphatic rings. The molecule has 1 aliphatic heterocycles. The third-order valence-corrected chi connectivity index (χ3v) is 7.32. The first-order valence-corrected chi connectivity index (χ1v) is 12.0. The predicted molar refractivity (Wildman–Crippen MR) is 120 cm³/mol. The van der Waals surface area contributed by atoms with Gasteiger partial charge in [-0.25, -0.2) is 17.9 Å². The van der Waals surface area contributed by atoms with E-state index >= 15 is 0 Å². The Kier molecular flexibility index (Phi) is 7.83. The number of methoxy groups -OCH3 is 1. The molecule has 0 spiro atoms. The molecular formula is C23H31N3O4S. The Morgan fingerprint density at radius 3 is 2.29 bits per heavy atom. The van der Waals surface area contributed by atoms with E-state index in [9.17, 15) is 13.2 Å². The molecule has 168 valence electrons. The Morgan fingerprint density at radius 1 is 1.03 bits per heavy atom. The van der Waals surface area contributed by atoms with Crippen LogP contribution in [0.4, 0.5) is 0 Å². The van der Waals surface area contributed by atoms with E-state index in [0.717, 1.165) is 50.4 Å². The van der Waals surface area contributed by atoms with Crippen LogP contribution >= 0.6 is 0 Å². The average molecular weight is 446 g/mol. The van der Waals surface area contributed by atoms with Crippen LogP contribution in [0.15, 0.2) is 47.4 Å². The van der Waals surface area contributed by atoms with Gasteiger partial charge in [0.1, 0.15) is 0 Å². The van der Waals surface area contributed by atoms with Gasteiger partial charge in [0.25, 0.3) is 0 Å². The van der Waals surface area contributed by atoms with Crippen LogP contribution in [0.3, 0.4) is 0 Å². The minimum Gasteiger partial charge on any atom is -0.465 e. The molecule has 1 N–H and O–H groups in total. The minimum atomic E-state index is -3.72. The summed E-state index contributed by atoms with van der Waals surface area (Å²) in [5.74, 6) is -0.492. The van der Waals surface area contributed by atoms with Crippen molar-refractivity contribution in [1.82, 2.24) is 14.5 Å². The Balaban J connectivity index is 1.69. The van der Waals surface area contributed by atoms with Gasteiger partial charge in [0.05, 0.1) is 17.6 Å². The van der Waals surface area contributed by atoms with Crippen LogP contribution in [0.25, 0.3) is 0 Å². The molecule has 1 saturated heterocycles. The van der Waals surface area contributed by atoms with Gasteiger partial charge in [0.2, 0.25) is 10.0 Å². The number of carbonyl (C=O) groups excluding carboxylic acids is 1. The number of sulfonamides is 1. The molecule has 0 radical (unpaired) electrons. The molecular weight excluding hydrogens is 414 g/mol. The van der Waals surface area contributed by atoms with Crippen molar-refractivity contribution in [2.24, 2.45) is 0 Å². The first-order valence-electron chi connectivity index (χ1n) is 10.5. The second-order valence-corrected chi connectivity index (χ2v) is 9.51. The van der Waals surface area contributed by atoms with Gasteiger partial charge >= 0.3 is 5.97 Å². The van der Waals surface area contributed by atoms with Crippen molar-refractivity contribution in [3.05, 3.63) is 64.7 Å². The standard InChI is InChI=1S/C23H31N3O4S/c1-4-25-11-13-26(14-12-25)17-21-8-6-5-7-20(21)16-24-31(28,29)22-10-9-19(15-18(22)2)23(27)30-3/h5-10,15,24H,4,11-14,16-17H2,1-3H3. The highest BCUT2D eigenvalue weighted by Gasteiger charge is 2.20. The lowest BCUT2D eigenvalue weighted by atomic mass is 10.1. The number of carbonyl (C=O) groups is 1. The summed E-state index contributed by atoms with van der Waals surface area (Å²) in [4.78, 5) is 16.7. The van der Waals surface area contributed by atoms with Crippen LogP contribution in [0.5, 0.6) is 0 Å². The van der Waals surface area contributed by atoms with Crippen molar-refractivity contribution >= 4 is 16.0 Å². The fourth-order valence-corrected chi connectivity index (χ4v) is 5.07. The summed E-state index contributed by atoms with van der Waals surface area (Å²) in [5.41, 5.74) is 2.92. The van der Waals surface area contributed by atoms with Crippen LogP contribution in [0.1, 0.15) is 34.0 Å². The lowest BCUT2D eigenvalue weighted by Crippen LogP contribution is -2.45. The molecule has 3 rings (SSSR count). The van der Waals surface area contributed by atoms with Crippen LogP contribution in [-0.4, -0.2) is 64.0 Å². The monoisotopic (exact) mass is 445 g/mol. The van der Waals surface area contributed by atoms with Crippen molar-refractivity contribution in [2.75, 3.05) is 39.8 Å². The summed E-state index contributed by atoms with van der Waals surface area (Å²) in [6.45, 7) is 10.1. The molecule has 1 heterocycles. The Labute approximate surface area is 185 Å². The maximum atomic E-state index is 12.9. The summed E-state index contributed by atoms with van der Waals surface area (Å²) < 4.78 is 33.2. The number of hydrogen-bond acceptors (Lipinski definition) is 6. The number of ether oxygens (including phenoxy) is 1. The topological polar surface area (TPSA) is 79.0 Å². The lowest BCUT2D eigenvalue weighted by Gasteiger charge is -2.34. The molecule has 0 aromatic heterocycles. The van der Waals surface area contributed by atoms with E-state index in [2.05, 4.69) is 27.5 Å². The normalized spacial score (nSPS) is 15.7. The van der Waals surface area contributed by atoms with Gasteiger partial charge in [-0.05, 0) is 48.4 Å². The number of benzene rings is 2. The van der Waals surface area contributed by atoms with Gasteiger partial charge in [0.15, 0.2) is 0 Å². The zero-order chi connectivity index (χ0) is 22.4. The maximum Gasteiger partial charge on any atom is 0.337 e. The van der Waals surface area contributed by atoms with Crippen LogP contribution < -0.4 is 4.72 Å². The fraction of sp³-hybridized carbons (Fsp3) is 0.435. The fourth-order valence-electron chi connectivity index (χ4n) is 3.83. The number of esters is 1. The van der Waals surface area contributed by atoms with E-state index in [1.807, 2.05) is 18.2 Å². The number of piperazine rings is 1. The van der Waals surface area contributed by atoms with Crippen molar-refractivity contribution in [3.8, 4) is 0 Å². The number of rotatable bonds is 8. The number of hydrogen-bond donors (Lipinski definition) is 1. The molecule has 7 nitrogen and oxygen atoms in total. The van der Waals surface area contributed by atoms with E-state index in [4.69, 9.17) is 4.74 Å². The zero-order valence-corrected chi connectivity index (χ0v) is 19.2. The van der Waals surface area contributed by atoms with Gasteiger partial charge in [-0.2, -0.15) is 0 Å². The SMILES string of the molecule is CCN1CCN(Cc2ccccc2CNS(=O)(=O)c2ccc(C(=O)OC)cc2C)CC1. The van der Waals surface area contributed by atoms with E-state index < -0.39 is 16.0 Å². The highest BCUT2D eigenvalue weighted by Crippen LogP contribution is 2.19. The third kappa shape index (κ3) is 5.92. The van der Waals surface area contributed by atoms with Gasteiger partial charge in [0, 0.05) is 39.3 Å². The Bertz CT molecular complexity index is 1020. The number of nitrogens with zero attached hydrogens (tertiary/aromatic N) is 2. The predicted octanol–water partition coefficient (Wildman–Crippen LogP) is 2.40. The Morgan fingerprint density at radius 2 is 1.68 bits per heavy atom. The van der Waals surface area contributed by atoms with Crippen LogP contribution in [0, 0.1) is 6.92 Å². The molecule has 8 heteroatoms. The highest BCUT2D eigenvalue weighted by molar-refractivity contribution is 7.89. The number of aryl methyl sites for hydroxylation is 1. The third-order valence-electron chi connectivity index (χ3n) is 5.76. The second kappa shape index (κ2) is 10.4. The van der Waals surface area contributed by atoms with Gasteiger partial charge in [-0.1, -0.05) is 31.2 Å². The molecule has 0 bridgehead atoms. The largest absolute Gasteiger partial charge is 0.465 e. The highest BCUT2D eigenvalue weighted by atomic mass is 32.2. The first-order chi connectivity index (χ1) is 14.8. The zero-order valence-electron chi connectivity index (χ0n) is 18.4. The molecule has 0 atom stereocenters. The van der Waals surface area contributed by atoms with Gasteiger partial charge in [-0.3, -0.25) is 4.90 Å². The molecule has 1 fully saturated rings. The van der Waals surface area contributed by atoms with Crippen LogP contribution in [0.2, 0.25) is 0 Å². The molecule has 0 aliphatic carbocycles. The average Bonchev–Trinajstić information content (AvgIpc) is 2.78. The molecule has 31 heavy (non-hydrogen) atoms. The molecule has 0 unspecified atom stereocenters. The number of nitrogens with one attached hydrogen (secondary N) is 1. The second-order valence-electron chi connectivity index (χ2n) is 7.78. The van der Waals surface area contributed by atoms with Crippen molar-refractivity contribution in [1.29, 1.82) is 0 Å². The van der Waals surface area contributed by atoms with Crippen LogP contribution in [-0.2, 0) is 27.8 Å². The lowest BCUT2D eigenvalue weighted by molar-refractivity contribution is 0.0600. The quantitative estimate of drug-likeness (QED) is 0.629. The molecule has 0 saturated carbocycles. The summed E-state index contributed by atoms with van der Waals surface area (Å²) >= 11 is 0. The van der Waals surface area contributed by atoms with E-state index in [-0.39, 0.29) is 11.4 Å². The van der Waals surface area contributed by atoms with E-state index in [1.165, 1.54) is 25.3 Å². The van der Waals surface area contributed by atoms with Crippen molar-refractivity contribution < 1.29 is 17.9 Å². The van der Waals surface area contributed by atoms with Crippen molar-refractivity contribution in [3.63, 3.8) is 0 Å². The minimum absolute atomic E-state index is 0.160. The molecule has 0 amide bonds. The summed E-state index contributed by atoms with van der Waals surface area (Å²) in [5, 5.41) is 0. The smallest absolute Gasteiger partial charge is 0.337 e. The van der Waals surface area contributed by atoms with Gasteiger partial charge < -0.3 is 9.64 Å². The summed E-state index contributed by atoms with van der Waals surface area (Å²) in [6.07, 6.45) is 0.